The maximum atomic E-state index is 13.1. The van der Waals surface area contributed by atoms with Crippen LogP contribution in [0.2, 0.25) is 0 Å². The van der Waals surface area contributed by atoms with Crippen molar-refractivity contribution in [1.82, 2.24) is 0 Å². The summed E-state index contributed by atoms with van der Waals surface area (Å²) in [5.41, 5.74) is 0. The van der Waals surface area contributed by atoms with Crippen LogP contribution in [0.5, 0.6) is 0 Å². The second kappa shape index (κ2) is 70.1. The molecule has 0 spiro atoms. The van der Waals surface area contributed by atoms with Crippen molar-refractivity contribution >= 4 is 39.5 Å². The number of hydrogen-bond acceptors (Lipinski definition) is 15. The lowest BCUT2D eigenvalue weighted by Crippen LogP contribution is -2.30. The number of aliphatic hydroxyl groups is 1. The first kappa shape index (κ1) is 94.1. The van der Waals surface area contributed by atoms with Crippen LogP contribution >= 0.6 is 15.6 Å². The molecule has 3 unspecified atom stereocenters. The standard InChI is InChI=1S/C77H150O17P2/c1-6-10-13-16-19-22-25-27-29-30-31-32-34-36-38-41-47-52-57-62-76(81)93-72(66-88-75(80)61-56-51-46-40-37-35-33-28-26-23-20-17-14-11-7-2)68-91-95(83,84)89-64-71(78)65-90-96(85,86)92-69-73(67-87-74(79)60-55-50-45-39-24-21-18-15-12-8-3)94-77(82)63-58-53-48-43-42-44-49-54-59-70(5)9-4/h70-73,78H,6-69H2,1-5H3,(H,83,84)(H,85,86)/t70?,71-,72-,73-/m1/s1. The van der Waals surface area contributed by atoms with Gasteiger partial charge in [0.05, 0.1) is 26.4 Å². The SMILES string of the molecule is CCCCCCCCCCCCCCCCCCCCCC(=O)O[C@H](COC(=O)CCCCCCCCCCCCCCCCC)COP(=O)(O)OC[C@@H](O)COP(=O)(O)OC[C@@H](COC(=O)CCCCCCCCCCCC)OC(=O)CCCCCCCCCCC(C)CC. The van der Waals surface area contributed by atoms with Crippen LogP contribution in [-0.2, 0) is 65.4 Å². The van der Waals surface area contributed by atoms with Gasteiger partial charge < -0.3 is 33.8 Å². The Hall–Kier alpha value is -1.94. The molecule has 17 nitrogen and oxygen atoms in total. The van der Waals surface area contributed by atoms with Crippen LogP contribution in [0, 0.1) is 5.92 Å². The predicted octanol–water partition coefficient (Wildman–Crippen LogP) is 22.9. The van der Waals surface area contributed by atoms with Gasteiger partial charge in [-0.05, 0) is 31.6 Å². The molecule has 3 N–H and O–H groups in total. The van der Waals surface area contributed by atoms with Gasteiger partial charge in [0.25, 0.3) is 0 Å². The monoisotopic (exact) mass is 1410 g/mol. The third-order valence-electron chi connectivity index (χ3n) is 18.4. The minimum Gasteiger partial charge on any atom is -0.462 e. The van der Waals surface area contributed by atoms with E-state index in [1.807, 2.05) is 0 Å². The Balaban J connectivity index is 5.23. The second-order valence-corrected chi connectivity index (χ2v) is 30.9. The molecule has 19 heteroatoms. The van der Waals surface area contributed by atoms with Gasteiger partial charge in [0.2, 0.25) is 0 Å². The van der Waals surface area contributed by atoms with Crippen LogP contribution in [0.25, 0.3) is 0 Å². The Morgan fingerprint density at radius 2 is 0.500 bits per heavy atom. The zero-order valence-corrected chi connectivity index (χ0v) is 64.3. The van der Waals surface area contributed by atoms with Crippen LogP contribution in [0.3, 0.4) is 0 Å². The fraction of sp³-hybridized carbons (Fsp3) is 0.948. The third-order valence-corrected chi connectivity index (χ3v) is 20.3. The number of carbonyl (C=O) groups is 4. The quantitative estimate of drug-likeness (QED) is 0.0222. The number of unbranched alkanes of at least 4 members (excludes halogenated alkanes) is 48. The molecule has 0 aliphatic heterocycles. The fourth-order valence-corrected chi connectivity index (χ4v) is 13.4. The van der Waals surface area contributed by atoms with E-state index >= 15 is 0 Å². The van der Waals surface area contributed by atoms with Gasteiger partial charge in [-0.2, -0.15) is 0 Å². The van der Waals surface area contributed by atoms with Gasteiger partial charge in [0, 0.05) is 25.7 Å². The van der Waals surface area contributed by atoms with Crippen molar-refractivity contribution < 1.29 is 80.2 Å². The highest BCUT2D eigenvalue weighted by Gasteiger charge is 2.30. The van der Waals surface area contributed by atoms with Crippen LogP contribution in [0.4, 0.5) is 0 Å². The van der Waals surface area contributed by atoms with Crippen molar-refractivity contribution in [2.75, 3.05) is 39.6 Å². The molecule has 0 aromatic rings. The molecule has 0 aromatic heterocycles. The summed E-state index contributed by atoms with van der Waals surface area (Å²) in [6.45, 7) is 7.29. The maximum Gasteiger partial charge on any atom is 0.472 e. The van der Waals surface area contributed by atoms with Crippen molar-refractivity contribution in [1.29, 1.82) is 0 Å². The van der Waals surface area contributed by atoms with Gasteiger partial charge in [0.15, 0.2) is 12.2 Å². The summed E-state index contributed by atoms with van der Waals surface area (Å²) in [4.78, 5) is 72.8. The first-order chi connectivity index (χ1) is 46.6. The predicted molar refractivity (Wildman–Crippen MR) is 391 cm³/mol. The average molecular weight is 1410 g/mol. The summed E-state index contributed by atoms with van der Waals surface area (Å²) in [5, 5.41) is 10.6. The number of rotatable bonds is 77. The Labute approximate surface area is 588 Å². The third kappa shape index (κ3) is 69.2. The molecule has 0 amide bonds. The Morgan fingerprint density at radius 1 is 0.292 bits per heavy atom. The Bertz CT molecular complexity index is 1840. The molecule has 0 saturated carbocycles. The van der Waals surface area contributed by atoms with E-state index in [1.165, 1.54) is 231 Å². The van der Waals surface area contributed by atoms with Gasteiger partial charge >= 0.3 is 39.5 Å². The minimum atomic E-state index is -4.96. The van der Waals surface area contributed by atoms with Crippen LogP contribution in [-0.4, -0.2) is 96.7 Å². The molecule has 570 valence electrons. The van der Waals surface area contributed by atoms with E-state index < -0.39 is 97.5 Å². The van der Waals surface area contributed by atoms with E-state index in [-0.39, 0.29) is 25.7 Å². The molecular weight excluding hydrogens is 1260 g/mol. The lowest BCUT2D eigenvalue weighted by atomic mass is 9.99. The molecule has 0 bridgehead atoms. The van der Waals surface area contributed by atoms with E-state index in [0.717, 1.165) is 95.8 Å². The Morgan fingerprint density at radius 3 is 0.740 bits per heavy atom. The first-order valence-corrected chi connectivity index (χ1v) is 43.2. The summed E-state index contributed by atoms with van der Waals surface area (Å²) in [6.07, 6.45) is 59.6. The second-order valence-electron chi connectivity index (χ2n) is 28.0. The summed E-state index contributed by atoms with van der Waals surface area (Å²) >= 11 is 0. The van der Waals surface area contributed by atoms with Gasteiger partial charge in [-0.1, -0.05) is 356 Å². The number of carbonyl (C=O) groups excluding carboxylic acids is 4. The van der Waals surface area contributed by atoms with Crippen LogP contribution in [0.1, 0.15) is 407 Å². The lowest BCUT2D eigenvalue weighted by Gasteiger charge is -2.21. The van der Waals surface area contributed by atoms with Crippen molar-refractivity contribution in [3.63, 3.8) is 0 Å². The van der Waals surface area contributed by atoms with E-state index in [4.69, 9.17) is 37.0 Å². The van der Waals surface area contributed by atoms with Gasteiger partial charge in [0.1, 0.15) is 19.3 Å². The number of aliphatic hydroxyl groups excluding tert-OH is 1. The van der Waals surface area contributed by atoms with Crippen molar-refractivity contribution in [2.45, 2.75) is 425 Å². The lowest BCUT2D eigenvalue weighted by molar-refractivity contribution is -0.161. The number of phosphoric acid groups is 2. The molecule has 0 fully saturated rings. The number of hydrogen-bond donors (Lipinski definition) is 3. The molecule has 0 radical (unpaired) electrons. The van der Waals surface area contributed by atoms with E-state index in [0.29, 0.717) is 25.7 Å². The molecule has 96 heavy (non-hydrogen) atoms. The topological polar surface area (TPSA) is 237 Å². The highest BCUT2D eigenvalue weighted by molar-refractivity contribution is 7.47. The van der Waals surface area contributed by atoms with Crippen molar-refractivity contribution in [2.24, 2.45) is 5.92 Å². The van der Waals surface area contributed by atoms with Crippen molar-refractivity contribution in [3.8, 4) is 0 Å². The first-order valence-electron chi connectivity index (χ1n) is 40.2. The summed E-state index contributed by atoms with van der Waals surface area (Å²) in [5.74, 6) is -1.34. The van der Waals surface area contributed by atoms with Crippen molar-refractivity contribution in [3.05, 3.63) is 0 Å². The number of esters is 4. The summed E-state index contributed by atoms with van der Waals surface area (Å²) < 4.78 is 68.6. The zero-order chi connectivity index (χ0) is 70.5. The fourth-order valence-electron chi connectivity index (χ4n) is 11.8. The smallest absolute Gasteiger partial charge is 0.462 e. The minimum absolute atomic E-state index is 0.106. The average Bonchev–Trinajstić information content (AvgIpc) is 1.30. The molecule has 6 atom stereocenters. The molecule has 0 rings (SSSR count). The van der Waals surface area contributed by atoms with Gasteiger partial charge in [-0.3, -0.25) is 37.3 Å². The van der Waals surface area contributed by atoms with Crippen LogP contribution < -0.4 is 0 Å². The maximum absolute atomic E-state index is 13.1. The Kier molecular flexibility index (Phi) is 68.7. The largest absolute Gasteiger partial charge is 0.472 e. The van der Waals surface area contributed by atoms with Gasteiger partial charge in [-0.15, -0.1) is 0 Å². The van der Waals surface area contributed by atoms with Gasteiger partial charge in [-0.25, -0.2) is 9.13 Å². The normalized spacial score (nSPS) is 14.2. The molecule has 0 aliphatic carbocycles. The number of ether oxygens (including phenoxy) is 4. The van der Waals surface area contributed by atoms with Crippen LogP contribution in [0.15, 0.2) is 0 Å². The van der Waals surface area contributed by atoms with E-state index in [9.17, 15) is 43.2 Å². The van der Waals surface area contributed by atoms with E-state index in [2.05, 4.69) is 34.6 Å². The molecular formula is C77H150O17P2. The zero-order valence-electron chi connectivity index (χ0n) is 62.5. The van der Waals surface area contributed by atoms with E-state index in [1.54, 1.807) is 0 Å². The molecule has 0 heterocycles. The molecule has 0 aromatic carbocycles. The highest BCUT2D eigenvalue weighted by atomic mass is 31.2. The number of phosphoric ester groups is 2. The summed E-state index contributed by atoms with van der Waals surface area (Å²) in [7, 11) is -9.91. The molecule has 0 saturated heterocycles. The summed E-state index contributed by atoms with van der Waals surface area (Å²) in [6, 6.07) is 0. The highest BCUT2D eigenvalue weighted by Crippen LogP contribution is 2.45. The molecule has 0 aliphatic rings.